The number of esters is 1. The van der Waals surface area contributed by atoms with Gasteiger partial charge in [0.1, 0.15) is 11.8 Å². The number of hydrogen-bond donors (Lipinski definition) is 3. The van der Waals surface area contributed by atoms with Crippen molar-refractivity contribution in [3.8, 4) is 6.07 Å². The molecular weight excluding hydrogens is 374 g/mol. The van der Waals surface area contributed by atoms with Crippen LogP contribution in [0.5, 0.6) is 0 Å². The summed E-state index contributed by atoms with van der Waals surface area (Å²) in [5.41, 5.74) is 4.42. The smallest absolute Gasteiger partial charge is 0.337 e. The molecule has 2 amide bonds. The molecule has 148 valence electrons. The van der Waals surface area contributed by atoms with E-state index in [9.17, 15) is 24.8 Å². The van der Waals surface area contributed by atoms with Gasteiger partial charge in [0.25, 0.3) is 0 Å². The van der Waals surface area contributed by atoms with Crippen molar-refractivity contribution in [1.29, 1.82) is 5.26 Å². The van der Waals surface area contributed by atoms with Crippen molar-refractivity contribution >= 4 is 17.8 Å². The zero-order valence-corrected chi connectivity index (χ0v) is 15.5. The fraction of sp³-hybridized carbons (Fsp3) is 0.238. The van der Waals surface area contributed by atoms with Gasteiger partial charge in [0.15, 0.2) is 5.72 Å². The Labute approximate surface area is 166 Å². The number of carbonyl (C=O) groups is 3. The highest BCUT2D eigenvalue weighted by atomic mass is 16.5. The van der Waals surface area contributed by atoms with Crippen LogP contribution in [-0.4, -0.2) is 30.0 Å². The number of benzene rings is 2. The average Bonchev–Trinajstić information content (AvgIpc) is 2.73. The van der Waals surface area contributed by atoms with Crippen LogP contribution in [0.2, 0.25) is 0 Å². The quantitative estimate of drug-likeness (QED) is 0.517. The van der Waals surface area contributed by atoms with Gasteiger partial charge in [-0.15, -0.1) is 0 Å². The van der Waals surface area contributed by atoms with E-state index in [1.54, 1.807) is 30.3 Å². The van der Waals surface area contributed by atoms with Gasteiger partial charge in [-0.1, -0.05) is 42.5 Å². The Bertz CT molecular complexity index is 984. The highest BCUT2D eigenvalue weighted by Crippen LogP contribution is 2.45. The molecule has 0 aromatic heterocycles. The number of nitrogens with zero attached hydrogens (tertiary/aromatic N) is 1. The molecule has 1 aliphatic rings. The van der Waals surface area contributed by atoms with Crippen LogP contribution < -0.4 is 11.1 Å². The first-order chi connectivity index (χ1) is 13.8. The highest BCUT2D eigenvalue weighted by Gasteiger charge is 2.55. The molecule has 4 atom stereocenters. The van der Waals surface area contributed by atoms with Gasteiger partial charge in [0.05, 0.1) is 18.7 Å². The van der Waals surface area contributed by atoms with Gasteiger partial charge in [0.2, 0.25) is 11.8 Å². The third kappa shape index (κ3) is 3.44. The summed E-state index contributed by atoms with van der Waals surface area (Å²) in [6.07, 6.45) is 0. The second kappa shape index (κ2) is 7.73. The fourth-order valence-corrected chi connectivity index (χ4v) is 3.73. The molecule has 1 heterocycles. The number of ether oxygens (including phenoxy) is 1. The molecule has 1 aliphatic heterocycles. The van der Waals surface area contributed by atoms with Crippen LogP contribution in [0.1, 0.15) is 27.4 Å². The Morgan fingerprint density at radius 1 is 1.17 bits per heavy atom. The van der Waals surface area contributed by atoms with Crippen LogP contribution in [0.3, 0.4) is 0 Å². The van der Waals surface area contributed by atoms with Gasteiger partial charge >= 0.3 is 5.97 Å². The minimum absolute atomic E-state index is 0.263. The van der Waals surface area contributed by atoms with Gasteiger partial charge in [-0.05, 0) is 17.7 Å². The second-order valence-corrected chi connectivity index (χ2v) is 6.75. The Balaban J connectivity index is 2.14. The summed E-state index contributed by atoms with van der Waals surface area (Å²) in [5, 5.41) is 23.6. The van der Waals surface area contributed by atoms with Crippen LogP contribution in [0.25, 0.3) is 0 Å². The number of primary amides is 1. The van der Waals surface area contributed by atoms with Crippen LogP contribution in [-0.2, 0) is 20.1 Å². The highest BCUT2D eigenvalue weighted by molar-refractivity contribution is 6.02. The molecule has 0 aliphatic carbocycles. The number of amides is 2. The van der Waals surface area contributed by atoms with E-state index < -0.39 is 41.3 Å². The third-order valence-electron chi connectivity index (χ3n) is 5.14. The number of nitrogens with two attached hydrogens (primary N) is 1. The van der Waals surface area contributed by atoms with E-state index in [4.69, 9.17) is 5.73 Å². The number of rotatable bonds is 4. The minimum Gasteiger partial charge on any atom is -0.465 e. The Hall–Kier alpha value is -3.70. The number of carbonyl (C=O) groups excluding carboxylic acids is 3. The molecule has 8 nitrogen and oxygen atoms in total. The summed E-state index contributed by atoms with van der Waals surface area (Å²) in [6.45, 7) is 0. The first-order valence-corrected chi connectivity index (χ1v) is 8.80. The normalized spacial score (nSPS) is 26.1. The van der Waals surface area contributed by atoms with Gasteiger partial charge < -0.3 is 20.9 Å². The lowest BCUT2D eigenvalue weighted by Gasteiger charge is -2.44. The lowest BCUT2D eigenvalue weighted by atomic mass is 9.67. The molecule has 4 N–H and O–H groups in total. The zero-order valence-electron chi connectivity index (χ0n) is 15.5. The standard InChI is InChI=1S/C21H19N3O5/c1-29-20(27)13-9-7-12(8-10-13)16-15(11-22)21(28,14-5-3-2-4-6-14)24-19(26)17(16)18(23)25/h2-10,15-17,28H,1H3,(H2,23,25)(H,24,26)/t15-,16-,17+,21-/m0/s1. The summed E-state index contributed by atoms with van der Waals surface area (Å²) in [6, 6.07) is 16.2. The molecule has 8 heteroatoms. The van der Waals surface area contributed by atoms with E-state index in [0.29, 0.717) is 11.1 Å². The molecule has 0 bridgehead atoms. The van der Waals surface area contributed by atoms with E-state index in [2.05, 4.69) is 10.1 Å². The van der Waals surface area contributed by atoms with Crippen molar-refractivity contribution in [2.75, 3.05) is 7.11 Å². The van der Waals surface area contributed by atoms with Crippen molar-refractivity contribution in [2.24, 2.45) is 17.6 Å². The topological polar surface area (TPSA) is 143 Å². The van der Waals surface area contributed by atoms with E-state index in [1.165, 1.54) is 31.4 Å². The maximum absolute atomic E-state index is 12.7. The van der Waals surface area contributed by atoms with E-state index in [0.717, 1.165) is 0 Å². The lowest BCUT2D eigenvalue weighted by molar-refractivity contribution is -0.153. The number of aliphatic hydroxyl groups is 1. The molecule has 0 spiro atoms. The SMILES string of the molecule is COC(=O)c1ccc([C@@H]2[C@H](C(N)=O)C(=O)N[C@](O)(c3ccccc3)[C@H]2C#N)cc1. The van der Waals surface area contributed by atoms with Crippen molar-refractivity contribution < 1.29 is 24.2 Å². The number of methoxy groups -OCH3 is 1. The molecule has 1 fully saturated rings. The molecule has 0 unspecified atom stereocenters. The van der Waals surface area contributed by atoms with E-state index in [-0.39, 0.29) is 5.56 Å². The third-order valence-corrected chi connectivity index (χ3v) is 5.14. The number of piperidine rings is 1. The van der Waals surface area contributed by atoms with Crippen molar-refractivity contribution in [3.63, 3.8) is 0 Å². The number of hydrogen-bond acceptors (Lipinski definition) is 6. The molecule has 2 aromatic rings. The predicted molar refractivity (Wildman–Crippen MR) is 101 cm³/mol. The number of nitrogens with one attached hydrogen (secondary N) is 1. The molecular formula is C21H19N3O5. The second-order valence-electron chi connectivity index (χ2n) is 6.75. The van der Waals surface area contributed by atoms with Crippen LogP contribution in [0.15, 0.2) is 54.6 Å². The average molecular weight is 393 g/mol. The maximum atomic E-state index is 12.7. The van der Waals surface area contributed by atoms with Crippen molar-refractivity contribution in [3.05, 3.63) is 71.3 Å². The summed E-state index contributed by atoms with van der Waals surface area (Å²) in [5.74, 6) is -5.86. The first kappa shape index (κ1) is 20.0. The van der Waals surface area contributed by atoms with Gasteiger partial charge in [-0.25, -0.2) is 4.79 Å². The van der Waals surface area contributed by atoms with Crippen LogP contribution in [0, 0.1) is 23.2 Å². The minimum atomic E-state index is -2.02. The predicted octanol–water partition coefficient (Wildman–Crippen LogP) is 0.773. The maximum Gasteiger partial charge on any atom is 0.337 e. The van der Waals surface area contributed by atoms with E-state index >= 15 is 0 Å². The first-order valence-electron chi connectivity index (χ1n) is 8.80. The fourth-order valence-electron chi connectivity index (χ4n) is 3.73. The molecule has 2 aromatic carbocycles. The monoisotopic (exact) mass is 393 g/mol. The molecule has 0 saturated carbocycles. The molecule has 1 saturated heterocycles. The summed E-state index contributed by atoms with van der Waals surface area (Å²) < 4.78 is 4.66. The van der Waals surface area contributed by atoms with Crippen LogP contribution >= 0.6 is 0 Å². The largest absolute Gasteiger partial charge is 0.465 e. The van der Waals surface area contributed by atoms with Gasteiger partial charge in [-0.3, -0.25) is 9.59 Å². The lowest BCUT2D eigenvalue weighted by Crippen LogP contribution is -2.62. The Kier molecular flexibility index (Phi) is 5.35. The molecule has 0 radical (unpaired) electrons. The Morgan fingerprint density at radius 2 is 1.79 bits per heavy atom. The summed E-state index contributed by atoms with van der Waals surface area (Å²) >= 11 is 0. The van der Waals surface area contributed by atoms with Gasteiger partial charge in [0, 0.05) is 11.5 Å². The van der Waals surface area contributed by atoms with Gasteiger partial charge in [-0.2, -0.15) is 5.26 Å². The Morgan fingerprint density at radius 3 is 2.31 bits per heavy atom. The molecule has 29 heavy (non-hydrogen) atoms. The van der Waals surface area contributed by atoms with Crippen molar-refractivity contribution in [2.45, 2.75) is 11.6 Å². The van der Waals surface area contributed by atoms with Crippen molar-refractivity contribution in [1.82, 2.24) is 5.32 Å². The number of nitriles is 1. The van der Waals surface area contributed by atoms with Crippen LogP contribution in [0.4, 0.5) is 0 Å². The summed E-state index contributed by atoms with van der Waals surface area (Å²) in [4.78, 5) is 36.5. The molecule has 3 rings (SSSR count). The zero-order chi connectivity index (χ0) is 21.2. The van der Waals surface area contributed by atoms with E-state index in [1.807, 2.05) is 6.07 Å². The summed E-state index contributed by atoms with van der Waals surface area (Å²) in [7, 11) is 1.25.